The first-order valence-corrected chi connectivity index (χ1v) is 6.11. The molecule has 0 aromatic heterocycles. The number of nitrogens with zero attached hydrogens (tertiary/aromatic N) is 1. The van der Waals surface area contributed by atoms with Gasteiger partial charge in [0.2, 0.25) is 5.91 Å². The summed E-state index contributed by atoms with van der Waals surface area (Å²) in [6, 6.07) is 8.75. The second-order valence-corrected chi connectivity index (χ2v) is 4.81. The molecule has 17 heavy (non-hydrogen) atoms. The van der Waals surface area contributed by atoms with E-state index in [1.165, 1.54) is 11.1 Å². The zero-order valence-corrected chi connectivity index (χ0v) is 9.73. The first-order chi connectivity index (χ1) is 8.25. The number of hydrogen-bond donors (Lipinski definition) is 2. The van der Waals surface area contributed by atoms with Crippen LogP contribution in [0.2, 0.25) is 0 Å². The molecule has 1 aliphatic carbocycles. The minimum atomic E-state index is 0.112. The van der Waals surface area contributed by atoms with Crippen molar-refractivity contribution in [3.63, 3.8) is 0 Å². The van der Waals surface area contributed by atoms with Crippen molar-refractivity contribution in [1.29, 1.82) is 0 Å². The number of carbonyl (C=O) groups excluding carboxylic acids is 1. The Morgan fingerprint density at radius 1 is 1.29 bits per heavy atom. The van der Waals surface area contributed by atoms with E-state index in [4.69, 9.17) is 5.73 Å². The van der Waals surface area contributed by atoms with Crippen LogP contribution in [0.15, 0.2) is 24.3 Å². The Morgan fingerprint density at radius 3 is 2.82 bits per heavy atom. The summed E-state index contributed by atoms with van der Waals surface area (Å²) in [6.45, 7) is 2.15. The third-order valence-electron chi connectivity index (χ3n) is 3.74. The van der Waals surface area contributed by atoms with Gasteiger partial charge in [0.1, 0.15) is 0 Å². The Bertz CT molecular complexity index is 446. The number of fused-ring (bicyclic) bond motifs is 1. The fourth-order valence-corrected chi connectivity index (χ4v) is 2.92. The molecule has 90 valence electrons. The van der Waals surface area contributed by atoms with Crippen molar-refractivity contribution in [3.8, 4) is 0 Å². The van der Waals surface area contributed by atoms with E-state index in [2.05, 4.69) is 22.3 Å². The second-order valence-electron chi connectivity index (χ2n) is 4.81. The van der Waals surface area contributed by atoms with Crippen LogP contribution in [0.25, 0.3) is 0 Å². The number of rotatable bonds is 1. The SMILES string of the molecule is NC1CC(N2CCNC(=O)C2)c2ccccc21. The maximum absolute atomic E-state index is 11.4. The third-order valence-corrected chi connectivity index (χ3v) is 3.74. The van der Waals surface area contributed by atoms with Gasteiger partial charge in [-0.2, -0.15) is 0 Å². The van der Waals surface area contributed by atoms with E-state index in [9.17, 15) is 4.79 Å². The van der Waals surface area contributed by atoms with Gasteiger partial charge < -0.3 is 11.1 Å². The van der Waals surface area contributed by atoms with Crippen LogP contribution in [0.3, 0.4) is 0 Å². The molecule has 2 aliphatic rings. The predicted molar refractivity (Wildman–Crippen MR) is 65.3 cm³/mol. The zero-order chi connectivity index (χ0) is 11.8. The van der Waals surface area contributed by atoms with E-state index < -0.39 is 0 Å². The Labute approximate surface area is 101 Å². The highest BCUT2D eigenvalue weighted by Gasteiger charge is 2.34. The minimum absolute atomic E-state index is 0.112. The lowest BCUT2D eigenvalue weighted by Gasteiger charge is -2.32. The van der Waals surface area contributed by atoms with Gasteiger partial charge in [0.05, 0.1) is 6.54 Å². The first kappa shape index (κ1) is 10.7. The summed E-state index contributed by atoms with van der Waals surface area (Å²) >= 11 is 0. The summed E-state index contributed by atoms with van der Waals surface area (Å²) in [5.74, 6) is 0.120. The zero-order valence-electron chi connectivity index (χ0n) is 9.73. The Hall–Kier alpha value is -1.39. The molecule has 1 heterocycles. The number of nitrogens with one attached hydrogen (secondary N) is 1. The summed E-state index contributed by atoms with van der Waals surface area (Å²) in [4.78, 5) is 13.7. The highest BCUT2D eigenvalue weighted by atomic mass is 16.2. The molecular weight excluding hydrogens is 214 g/mol. The smallest absolute Gasteiger partial charge is 0.234 e. The lowest BCUT2D eigenvalue weighted by Crippen LogP contribution is -2.48. The van der Waals surface area contributed by atoms with Crippen LogP contribution < -0.4 is 11.1 Å². The molecule has 0 bridgehead atoms. The molecular formula is C13H17N3O. The highest BCUT2D eigenvalue weighted by Crippen LogP contribution is 2.40. The molecule has 0 saturated carbocycles. The van der Waals surface area contributed by atoms with Crippen LogP contribution in [0, 0.1) is 0 Å². The van der Waals surface area contributed by atoms with Crippen LogP contribution >= 0.6 is 0 Å². The van der Waals surface area contributed by atoms with Gasteiger partial charge in [0.15, 0.2) is 0 Å². The van der Waals surface area contributed by atoms with E-state index in [1.807, 2.05) is 12.1 Å². The second kappa shape index (κ2) is 4.13. The molecule has 1 aliphatic heterocycles. The molecule has 1 aromatic rings. The normalized spacial score (nSPS) is 28.9. The number of hydrogen-bond acceptors (Lipinski definition) is 3. The van der Waals surface area contributed by atoms with Crippen LogP contribution in [-0.2, 0) is 4.79 Å². The van der Waals surface area contributed by atoms with Crippen molar-refractivity contribution in [2.45, 2.75) is 18.5 Å². The maximum atomic E-state index is 11.4. The van der Waals surface area contributed by atoms with Crippen molar-refractivity contribution < 1.29 is 4.79 Å². The van der Waals surface area contributed by atoms with Gasteiger partial charge in [-0.3, -0.25) is 9.69 Å². The number of carbonyl (C=O) groups is 1. The van der Waals surface area contributed by atoms with Crippen LogP contribution in [0.5, 0.6) is 0 Å². The van der Waals surface area contributed by atoms with Gasteiger partial charge in [-0.05, 0) is 17.5 Å². The number of piperazine rings is 1. The summed E-state index contributed by atoms with van der Waals surface area (Å²) in [5.41, 5.74) is 8.69. The standard InChI is InChI=1S/C13H17N3O/c14-11-7-12(10-4-2-1-3-9(10)11)16-6-5-15-13(17)8-16/h1-4,11-12H,5-8,14H2,(H,15,17). The summed E-state index contributed by atoms with van der Waals surface area (Å²) in [6.07, 6.45) is 0.923. The average Bonchev–Trinajstić information content (AvgIpc) is 2.68. The molecule has 4 heteroatoms. The van der Waals surface area contributed by atoms with E-state index in [1.54, 1.807) is 0 Å². The molecule has 0 spiro atoms. The molecule has 1 amide bonds. The van der Waals surface area contributed by atoms with Crippen molar-refractivity contribution in [1.82, 2.24) is 10.2 Å². The van der Waals surface area contributed by atoms with Crippen molar-refractivity contribution in [2.75, 3.05) is 19.6 Å². The predicted octanol–water partition coefficient (Wildman–Crippen LogP) is 0.563. The molecule has 1 fully saturated rings. The summed E-state index contributed by atoms with van der Waals surface area (Å²) in [5, 5.41) is 2.86. The van der Waals surface area contributed by atoms with Crippen LogP contribution in [0.1, 0.15) is 29.6 Å². The third kappa shape index (κ3) is 1.83. The maximum Gasteiger partial charge on any atom is 0.234 e. The van der Waals surface area contributed by atoms with Crippen molar-refractivity contribution in [3.05, 3.63) is 35.4 Å². The summed E-state index contributed by atoms with van der Waals surface area (Å²) in [7, 11) is 0. The number of amides is 1. The molecule has 1 aromatic carbocycles. The average molecular weight is 231 g/mol. The van der Waals surface area contributed by atoms with Gasteiger partial charge in [0.25, 0.3) is 0 Å². The Kier molecular flexibility index (Phi) is 2.61. The quantitative estimate of drug-likeness (QED) is 0.742. The molecule has 3 N–H and O–H groups in total. The largest absolute Gasteiger partial charge is 0.354 e. The monoisotopic (exact) mass is 231 g/mol. The van der Waals surface area contributed by atoms with Crippen LogP contribution in [-0.4, -0.2) is 30.4 Å². The van der Waals surface area contributed by atoms with Crippen molar-refractivity contribution in [2.24, 2.45) is 5.73 Å². The van der Waals surface area contributed by atoms with Gasteiger partial charge in [0, 0.05) is 25.2 Å². The van der Waals surface area contributed by atoms with Gasteiger partial charge in [-0.15, -0.1) is 0 Å². The van der Waals surface area contributed by atoms with Gasteiger partial charge in [-0.1, -0.05) is 24.3 Å². The Morgan fingerprint density at radius 2 is 2.06 bits per heavy atom. The molecule has 4 nitrogen and oxygen atoms in total. The fraction of sp³-hybridized carbons (Fsp3) is 0.462. The number of nitrogens with two attached hydrogens (primary N) is 1. The van der Waals surface area contributed by atoms with E-state index >= 15 is 0 Å². The topological polar surface area (TPSA) is 58.4 Å². The lowest BCUT2D eigenvalue weighted by atomic mass is 10.1. The summed E-state index contributed by atoms with van der Waals surface area (Å²) < 4.78 is 0. The lowest BCUT2D eigenvalue weighted by molar-refractivity contribution is -0.124. The number of benzene rings is 1. The highest BCUT2D eigenvalue weighted by molar-refractivity contribution is 5.78. The van der Waals surface area contributed by atoms with Gasteiger partial charge in [-0.25, -0.2) is 0 Å². The van der Waals surface area contributed by atoms with Crippen molar-refractivity contribution >= 4 is 5.91 Å². The van der Waals surface area contributed by atoms with E-state index in [-0.39, 0.29) is 11.9 Å². The fourth-order valence-electron chi connectivity index (χ4n) is 2.92. The first-order valence-electron chi connectivity index (χ1n) is 6.11. The van der Waals surface area contributed by atoms with Crippen LogP contribution in [0.4, 0.5) is 0 Å². The van der Waals surface area contributed by atoms with Gasteiger partial charge >= 0.3 is 0 Å². The molecule has 0 radical (unpaired) electrons. The molecule has 3 rings (SSSR count). The van der Waals surface area contributed by atoms with E-state index in [0.29, 0.717) is 12.6 Å². The molecule has 1 saturated heterocycles. The minimum Gasteiger partial charge on any atom is -0.354 e. The van der Waals surface area contributed by atoms with E-state index in [0.717, 1.165) is 19.5 Å². The molecule has 2 atom stereocenters. The Balaban J connectivity index is 1.88. The molecule has 2 unspecified atom stereocenters.